The van der Waals surface area contributed by atoms with Crippen molar-refractivity contribution < 1.29 is 4.79 Å². The summed E-state index contributed by atoms with van der Waals surface area (Å²) in [5.74, 6) is 0.892. The van der Waals surface area contributed by atoms with Crippen LogP contribution in [-0.4, -0.2) is 41.9 Å². The van der Waals surface area contributed by atoms with Gasteiger partial charge in [-0.2, -0.15) is 5.26 Å². The predicted octanol–water partition coefficient (Wildman–Crippen LogP) is 2.93. The molecule has 0 aliphatic carbocycles. The molecule has 1 aliphatic heterocycles. The van der Waals surface area contributed by atoms with Gasteiger partial charge in [0.2, 0.25) is 0 Å². The standard InChI is InChI=1S/C18H19N5OS/c1-13(24)14-3-4-17(21-12-14)23-8-2-7-22(9-10-23)16-5-6-20-18(25)15(16)11-19/h3-6,12H,2,7-10H2,1H3,(H,20,25). The Morgan fingerprint density at radius 2 is 2.00 bits per heavy atom. The zero-order chi connectivity index (χ0) is 17.8. The van der Waals surface area contributed by atoms with Crippen molar-refractivity contribution in [3.05, 3.63) is 46.4 Å². The summed E-state index contributed by atoms with van der Waals surface area (Å²) in [7, 11) is 0. The van der Waals surface area contributed by atoms with E-state index in [9.17, 15) is 10.1 Å². The van der Waals surface area contributed by atoms with Gasteiger partial charge in [0, 0.05) is 44.1 Å². The maximum absolute atomic E-state index is 11.4. The molecule has 0 bridgehead atoms. The molecular formula is C18H19N5OS. The van der Waals surface area contributed by atoms with Gasteiger partial charge in [-0.25, -0.2) is 4.98 Å². The molecule has 0 unspecified atom stereocenters. The summed E-state index contributed by atoms with van der Waals surface area (Å²) in [5, 5.41) is 9.39. The van der Waals surface area contributed by atoms with E-state index >= 15 is 0 Å². The van der Waals surface area contributed by atoms with Crippen LogP contribution in [0.15, 0.2) is 30.6 Å². The first-order valence-electron chi connectivity index (χ1n) is 8.19. The van der Waals surface area contributed by atoms with Gasteiger partial charge in [-0.1, -0.05) is 12.2 Å². The summed E-state index contributed by atoms with van der Waals surface area (Å²) in [6.07, 6.45) is 4.36. The minimum atomic E-state index is 0.0192. The van der Waals surface area contributed by atoms with Crippen LogP contribution >= 0.6 is 12.2 Å². The number of hydrogen-bond acceptors (Lipinski definition) is 6. The number of nitriles is 1. The largest absolute Gasteiger partial charge is 0.368 e. The van der Waals surface area contributed by atoms with E-state index in [4.69, 9.17) is 12.2 Å². The monoisotopic (exact) mass is 353 g/mol. The van der Waals surface area contributed by atoms with Crippen LogP contribution in [0.2, 0.25) is 0 Å². The fourth-order valence-electron chi connectivity index (χ4n) is 3.01. The molecule has 1 fully saturated rings. The third-order valence-corrected chi connectivity index (χ3v) is 4.69. The van der Waals surface area contributed by atoms with E-state index in [0.29, 0.717) is 15.8 Å². The van der Waals surface area contributed by atoms with Gasteiger partial charge >= 0.3 is 0 Å². The normalized spacial score (nSPS) is 14.7. The molecule has 1 N–H and O–H groups in total. The molecule has 0 amide bonds. The third-order valence-electron chi connectivity index (χ3n) is 4.37. The Morgan fingerprint density at radius 3 is 2.68 bits per heavy atom. The van der Waals surface area contributed by atoms with Crippen molar-refractivity contribution in [1.29, 1.82) is 5.26 Å². The van der Waals surface area contributed by atoms with Crippen molar-refractivity contribution in [3.8, 4) is 6.07 Å². The number of nitrogens with zero attached hydrogens (tertiary/aromatic N) is 4. The van der Waals surface area contributed by atoms with E-state index in [1.165, 1.54) is 6.92 Å². The first-order valence-corrected chi connectivity index (χ1v) is 8.59. The van der Waals surface area contributed by atoms with E-state index < -0.39 is 0 Å². The Hall–Kier alpha value is -2.72. The number of H-pyrrole nitrogens is 1. The fraction of sp³-hybridized carbons (Fsp3) is 0.333. The average Bonchev–Trinajstić information content (AvgIpc) is 2.87. The van der Waals surface area contributed by atoms with Gasteiger partial charge in [0.1, 0.15) is 22.1 Å². The molecule has 2 aromatic heterocycles. The number of carbonyl (C=O) groups excluding carboxylic acids is 1. The molecule has 0 saturated carbocycles. The Morgan fingerprint density at radius 1 is 1.24 bits per heavy atom. The van der Waals surface area contributed by atoms with Crippen molar-refractivity contribution in [2.45, 2.75) is 13.3 Å². The second-order valence-corrected chi connectivity index (χ2v) is 6.38. The number of aromatic amines is 1. The lowest BCUT2D eigenvalue weighted by atomic mass is 10.2. The summed E-state index contributed by atoms with van der Waals surface area (Å²) in [4.78, 5) is 23.1. The van der Waals surface area contributed by atoms with Crippen molar-refractivity contribution in [3.63, 3.8) is 0 Å². The molecule has 25 heavy (non-hydrogen) atoms. The Balaban J connectivity index is 1.77. The Labute approximate surface area is 151 Å². The lowest BCUT2D eigenvalue weighted by Crippen LogP contribution is -2.31. The zero-order valence-corrected chi connectivity index (χ0v) is 14.8. The highest BCUT2D eigenvalue weighted by Crippen LogP contribution is 2.22. The van der Waals surface area contributed by atoms with Gasteiger partial charge in [-0.3, -0.25) is 4.79 Å². The van der Waals surface area contributed by atoms with Gasteiger partial charge in [0.25, 0.3) is 0 Å². The number of ketones is 1. The molecule has 1 saturated heterocycles. The smallest absolute Gasteiger partial charge is 0.161 e. The van der Waals surface area contributed by atoms with E-state index in [2.05, 4.69) is 25.8 Å². The number of aromatic nitrogens is 2. The van der Waals surface area contributed by atoms with Gasteiger partial charge in [-0.05, 0) is 31.5 Å². The average molecular weight is 353 g/mol. The Kier molecular flexibility index (Phi) is 5.10. The number of nitrogens with one attached hydrogen (secondary N) is 1. The van der Waals surface area contributed by atoms with E-state index in [0.717, 1.165) is 44.1 Å². The predicted molar refractivity (Wildman–Crippen MR) is 99.6 cm³/mol. The molecule has 0 atom stereocenters. The van der Waals surface area contributed by atoms with Crippen LogP contribution in [0, 0.1) is 16.0 Å². The highest BCUT2D eigenvalue weighted by atomic mass is 32.1. The lowest BCUT2D eigenvalue weighted by molar-refractivity contribution is 0.101. The number of rotatable bonds is 3. The number of anilines is 2. The summed E-state index contributed by atoms with van der Waals surface area (Å²) in [6, 6.07) is 7.82. The summed E-state index contributed by atoms with van der Waals surface area (Å²) < 4.78 is 0.475. The van der Waals surface area contributed by atoms with Gasteiger partial charge in [0.05, 0.1) is 5.69 Å². The first-order chi connectivity index (χ1) is 12.1. The number of carbonyl (C=O) groups is 1. The highest BCUT2D eigenvalue weighted by molar-refractivity contribution is 7.71. The first kappa shape index (κ1) is 17.1. The molecule has 3 heterocycles. The molecule has 7 heteroatoms. The molecule has 0 radical (unpaired) electrons. The molecule has 2 aromatic rings. The van der Waals surface area contributed by atoms with Crippen LogP contribution in [0.4, 0.5) is 11.5 Å². The quantitative estimate of drug-likeness (QED) is 0.675. The lowest BCUT2D eigenvalue weighted by Gasteiger charge is -2.24. The highest BCUT2D eigenvalue weighted by Gasteiger charge is 2.19. The molecular weight excluding hydrogens is 334 g/mol. The molecule has 3 rings (SSSR count). The van der Waals surface area contributed by atoms with E-state index in [1.54, 1.807) is 12.4 Å². The third kappa shape index (κ3) is 3.69. The topological polar surface area (TPSA) is 76.0 Å². The van der Waals surface area contributed by atoms with Crippen molar-refractivity contribution in [2.75, 3.05) is 36.0 Å². The van der Waals surface area contributed by atoms with Crippen LogP contribution in [0.25, 0.3) is 0 Å². The fourth-order valence-corrected chi connectivity index (χ4v) is 3.23. The van der Waals surface area contributed by atoms with Crippen LogP contribution < -0.4 is 9.80 Å². The van der Waals surface area contributed by atoms with Gasteiger partial charge < -0.3 is 14.8 Å². The van der Waals surface area contributed by atoms with Crippen molar-refractivity contribution in [2.24, 2.45) is 0 Å². The summed E-state index contributed by atoms with van der Waals surface area (Å²) in [6.45, 7) is 4.85. The van der Waals surface area contributed by atoms with E-state index in [1.807, 2.05) is 18.2 Å². The minimum Gasteiger partial charge on any atom is -0.368 e. The SMILES string of the molecule is CC(=O)c1ccc(N2CCCN(c3cc[nH]c(=S)c3C#N)CC2)nc1. The molecule has 6 nitrogen and oxygen atoms in total. The maximum Gasteiger partial charge on any atom is 0.161 e. The Bertz CT molecular complexity index is 868. The molecule has 1 aliphatic rings. The second-order valence-electron chi connectivity index (χ2n) is 5.97. The number of hydrogen-bond donors (Lipinski definition) is 1. The second kappa shape index (κ2) is 7.45. The van der Waals surface area contributed by atoms with Crippen molar-refractivity contribution in [1.82, 2.24) is 9.97 Å². The van der Waals surface area contributed by atoms with Gasteiger partial charge in [-0.15, -0.1) is 0 Å². The van der Waals surface area contributed by atoms with Crippen molar-refractivity contribution >= 4 is 29.5 Å². The summed E-state index contributed by atoms with van der Waals surface area (Å²) in [5.41, 5.74) is 2.03. The molecule has 128 valence electrons. The number of pyridine rings is 2. The van der Waals surface area contributed by atoms with Gasteiger partial charge in [0.15, 0.2) is 5.78 Å². The number of Topliss-reactive ketones (excluding diaryl/α,β-unsaturated/α-hetero) is 1. The zero-order valence-electron chi connectivity index (χ0n) is 14.0. The van der Waals surface area contributed by atoms with E-state index in [-0.39, 0.29) is 5.78 Å². The van der Waals surface area contributed by atoms with Crippen LogP contribution in [0.5, 0.6) is 0 Å². The molecule has 0 spiro atoms. The minimum absolute atomic E-state index is 0.0192. The van der Waals surface area contributed by atoms with Crippen LogP contribution in [-0.2, 0) is 0 Å². The molecule has 0 aromatic carbocycles. The summed E-state index contributed by atoms with van der Waals surface area (Å²) >= 11 is 5.22. The van der Waals surface area contributed by atoms with Crippen LogP contribution in [0.1, 0.15) is 29.3 Å². The van der Waals surface area contributed by atoms with Crippen LogP contribution in [0.3, 0.4) is 0 Å². The maximum atomic E-state index is 11.4.